The number of carbonyl (C=O) groups excluding carboxylic acids is 1. The number of nitro benzene ring substituents is 1. The molecule has 1 heterocycles. The van der Waals surface area contributed by atoms with Gasteiger partial charge < -0.3 is 9.84 Å². The summed E-state index contributed by atoms with van der Waals surface area (Å²) in [5.41, 5.74) is -1.90. The number of nitro groups is 1. The quantitative estimate of drug-likeness (QED) is 0.676. The molecular formula is C11H8F2N4O4. The molecule has 0 aliphatic heterocycles. The molecule has 8 nitrogen and oxygen atoms in total. The summed E-state index contributed by atoms with van der Waals surface area (Å²) >= 11 is 0. The van der Waals surface area contributed by atoms with E-state index >= 15 is 0 Å². The maximum absolute atomic E-state index is 13.8. The summed E-state index contributed by atoms with van der Waals surface area (Å²) in [4.78, 5) is 25.0. The molecule has 0 spiro atoms. The highest BCUT2D eigenvalue weighted by Gasteiger charge is 2.24. The Morgan fingerprint density at radius 1 is 1.48 bits per heavy atom. The number of benzene rings is 1. The van der Waals surface area contributed by atoms with Gasteiger partial charge in [-0.05, 0) is 13.0 Å². The van der Waals surface area contributed by atoms with Gasteiger partial charge in [0.05, 0.1) is 23.1 Å². The van der Waals surface area contributed by atoms with Crippen LogP contribution < -0.4 is 5.32 Å². The van der Waals surface area contributed by atoms with Crippen molar-refractivity contribution in [1.29, 1.82) is 0 Å². The Hall–Kier alpha value is -2.91. The first kappa shape index (κ1) is 14.5. The lowest BCUT2D eigenvalue weighted by Crippen LogP contribution is -2.24. The van der Waals surface area contributed by atoms with E-state index in [-0.39, 0.29) is 12.4 Å². The molecule has 0 unspecified atom stereocenters. The maximum Gasteiger partial charge on any atom is 0.308 e. The van der Waals surface area contributed by atoms with Crippen LogP contribution in [0, 0.1) is 28.7 Å². The summed E-state index contributed by atoms with van der Waals surface area (Å²) in [6.45, 7) is 1.34. The van der Waals surface area contributed by atoms with Gasteiger partial charge in [-0.15, -0.1) is 0 Å². The van der Waals surface area contributed by atoms with Crippen LogP contribution in [-0.2, 0) is 6.54 Å². The second-order valence-electron chi connectivity index (χ2n) is 3.96. The van der Waals surface area contributed by atoms with Gasteiger partial charge in [-0.2, -0.15) is 9.37 Å². The van der Waals surface area contributed by atoms with E-state index in [0.717, 1.165) is 0 Å². The SMILES string of the molecule is Cc1noc(CNC(=O)c2cc(F)cc([N+](=O)[O-])c2F)n1. The highest BCUT2D eigenvalue weighted by molar-refractivity contribution is 5.95. The number of nitrogens with one attached hydrogen (secondary N) is 1. The third-order valence-corrected chi connectivity index (χ3v) is 2.43. The molecule has 0 atom stereocenters. The van der Waals surface area contributed by atoms with E-state index in [0.29, 0.717) is 18.0 Å². The smallest absolute Gasteiger partial charge is 0.308 e. The van der Waals surface area contributed by atoms with Crippen molar-refractivity contribution in [2.24, 2.45) is 0 Å². The molecule has 0 saturated carbocycles. The van der Waals surface area contributed by atoms with Crippen LogP contribution in [0.25, 0.3) is 0 Å². The van der Waals surface area contributed by atoms with Crippen molar-refractivity contribution in [3.05, 3.63) is 51.2 Å². The predicted molar refractivity (Wildman–Crippen MR) is 63.2 cm³/mol. The zero-order valence-corrected chi connectivity index (χ0v) is 10.6. The van der Waals surface area contributed by atoms with Crippen molar-refractivity contribution in [2.75, 3.05) is 0 Å². The largest absolute Gasteiger partial charge is 0.343 e. The summed E-state index contributed by atoms with van der Waals surface area (Å²) in [7, 11) is 0. The number of nitrogens with zero attached hydrogens (tertiary/aromatic N) is 3. The summed E-state index contributed by atoms with van der Waals surface area (Å²) in [5, 5.41) is 16.2. The Bertz CT molecular complexity index is 716. The summed E-state index contributed by atoms with van der Waals surface area (Å²) in [6.07, 6.45) is 0. The van der Waals surface area contributed by atoms with Crippen LogP contribution in [0.3, 0.4) is 0 Å². The topological polar surface area (TPSA) is 111 Å². The Kier molecular flexibility index (Phi) is 3.87. The molecule has 2 rings (SSSR count). The normalized spacial score (nSPS) is 10.4. The molecule has 0 bridgehead atoms. The minimum Gasteiger partial charge on any atom is -0.343 e. The molecule has 110 valence electrons. The molecule has 0 aliphatic rings. The van der Waals surface area contributed by atoms with E-state index in [2.05, 4.69) is 15.5 Å². The van der Waals surface area contributed by atoms with Crippen LogP contribution >= 0.6 is 0 Å². The standard InChI is InChI=1S/C11H8F2N4O4/c1-5-15-9(21-16-5)4-14-11(18)7-2-6(12)3-8(10(7)13)17(19)20/h2-3H,4H2,1H3,(H,14,18). The van der Waals surface area contributed by atoms with Gasteiger partial charge in [-0.25, -0.2) is 4.39 Å². The fourth-order valence-electron chi connectivity index (χ4n) is 1.54. The van der Waals surface area contributed by atoms with Gasteiger partial charge in [0, 0.05) is 0 Å². The molecule has 1 aromatic carbocycles. The van der Waals surface area contributed by atoms with Crippen LogP contribution in [0.2, 0.25) is 0 Å². The van der Waals surface area contributed by atoms with E-state index in [1.54, 1.807) is 6.92 Å². The van der Waals surface area contributed by atoms with Crippen LogP contribution in [0.4, 0.5) is 14.5 Å². The first-order valence-electron chi connectivity index (χ1n) is 5.59. The van der Waals surface area contributed by atoms with E-state index in [1.165, 1.54) is 0 Å². The Balaban J connectivity index is 2.21. The lowest BCUT2D eigenvalue weighted by Gasteiger charge is -2.04. The number of rotatable bonds is 4. The second-order valence-corrected chi connectivity index (χ2v) is 3.96. The fraction of sp³-hybridized carbons (Fsp3) is 0.182. The third kappa shape index (κ3) is 3.16. The molecule has 1 N–H and O–H groups in total. The van der Waals surface area contributed by atoms with Crippen molar-refractivity contribution >= 4 is 11.6 Å². The third-order valence-electron chi connectivity index (χ3n) is 2.43. The van der Waals surface area contributed by atoms with Crippen LogP contribution in [-0.4, -0.2) is 21.0 Å². The van der Waals surface area contributed by atoms with Crippen LogP contribution in [0.15, 0.2) is 16.7 Å². The minimum atomic E-state index is -1.42. The van der Waals surface area contributed by atoms with Gasteiger partial charge in [0.15, 0.2) is 5.82 Å². The molecule has 0 fully saturated rings. The maximum atomic E-state index is 13.8. The average molecular weight is 298 g/mol. The Morgan fingerprint density at radius 3 is 2.76 bits per heavy atom. The summed E-state index contributed by atoms with van der Waals surface area (Å²) in [5.74, 6) is -3.15. The number of halogens is 2. The molecule has 0 saturated heterocycles. The Morgan fingerprint density at radius 2 is 2.19 bits per heavy atom. The van der Waals surface area contributed by atoms with E-state index in [9.17, 15) is 23.7 Å². The van der Waals surface area contributed by atoms with Gasteiger partial charge in [0.25, 0.3) is 5.91 Å². The molecular weight excluding hydrogens is 290 g/mol. The van der Waals surface area contributed by atoms with Crippen molar-refractivity contribution in [3.63, 3.8) is 0 Å². The lowest BCUT2D eigenvalue weighted by molar-refractivity contribution is -0.387. The summed E-state index contributed by atoms with van der Waals surface area (Å²) in [6, 6.07) is 0.963. The van der Waals surface area contributed by atoms with Crippen molar-refractivity contribution in [3.8, 4) is 0 Å². The zero-order chi connectivity index (χ0) is 15.6. The van der Waals surface area contributed by atoms with Crippen LogP contribution in [0.1, 0.15) is 22.1 Å². The number of hydrogen-bond donors (Lipinski definition) is 1. The average Bonchev–Trinajstić information content (AvgIpc) is 2.83. The molecule has 2 aromatic rings. The molecule has 1 amide bonds. The lowest BCUT2D eigenvalue weighted by atomic mass is 10.1. The van der Waals surface area contributed by atoms with E-state index in [4.69, 9.17) is 4.52 Å². The fourth-order valence-corrected chi connectivity index (χ4v) is 1.54. The number of carbonyl (C=O) groups is 1. The predicted octanol–water partition coefficient (Wildman–Crippen LogP) is 1.49. The van der Waals surface area contributed by atoms with Gasteiger partial charge in [0.1, 0.15) is 5.82 Å². The number of aryl methyl sites for hydroxylation is 1. The molecule has 1 aromatic heterocycles. The molecule has 21 heavy (non-hydrogen) atoms. The summed E-state index contributed by atoms with van der Waals surface area (Å²) < 4.78 is 31.7. The molecule has 0 radical (unpaired) electrons. The van der Waals surface area contributed by atoms with Gasteiger partial charge in [-0.1, -0.05) is 5.16 Å². The van der Waals surface area contributed by atoms with Gasteiger partial charge in [0.2, 0.25) is 11.7 Å². The number of amides is 1. The minimum absolute atomic E-state index is 0.0622. The van der Waals surface area contributed by atoms with Crippen LogP contribution in [0.5, 0.6) is 0 Å². The first-order chi connectivity index (χ1) is 9.88. The first-order valence-corrected chi connectivity index (χ1v) is 5.59. The van der Waals surface area contributed by atoms with E-state index < -0.39 is 33.7 Å². The van der Waals surface area contributed by atoms with E-state index in [1.807, 2.05) is 0 Å². The van der Waals surface area contributed by atoms with Crippen molar-refractivity contribution < 1.29 is 23.0 Å². The van der Waals surface area contributed by atoms with Gasteiger partial charge >= 0.3 is 5.69 Å². The highest BCUT2D eigenvalue weighted by Crippen LogP contribution is 2.22. The van der Waals surface area contributed by atoms with Crippen molar-refractivity contribution in [2.45, 2.75) is 13.5 Å². The van der Waals surface area contributed by atoms with Gasteiger partial charge in [-0.3, -0.25) is 14.9 Å². The number of hydrogen-bond acceptors (Lipinski definition) is 6. The molecule has 0 aliphatic carbocycles. The second kappa shape index (κ2) is 5.61. The number of aromatic nitrogens is 2. The van der Waals surface area contributed by atoms with Crippen molar-refractivity contribution in [1.82, 2.24) is 15.5 Å². The Labute approximate surface area is 115 Å². The molecule has 10 heteroatoms. The highest BCUT2D eigenvalue weighted by atomic mass is 19.1. The zero-order valence-electron chi connectivity index (χ0n) is 10.6. The monoisotopic (exact) mass is 298 g/mol.